The van der Waals surface area contributed by atoms with Gasteiger partial charge < -0.3 is 4.74 Å². The number of hydrogen-bond acceptors (Lipinski definition) is 4. The lowest BCUT2D eigenvalue weighted by atomic mass is 10.1. The molecule has 0 radical (unpaired) electrons. The predicted molar refractivity (Wildman–Crippen MR) is 97.1 cm³/mol. The third-order valence-corrected chi connectivity index (χ3v) is 3.75. The largest absolute Gasteiger partial charge is 0.494 e. The molecule has 0 aliphatic heterocycles. The maximum Gasteiger partial charge on any atom is 0.216 e. The van der Waals surface area contributed by atoms with Crippen molar-refractivity contribution in [1.82, 2.24) is 14.9 Å². The molecule has 1 heterocycles. The number of aromatic amines is 1. The van der Waals surface area contributed by atoms with Gasteiger partial charge in [-0.15, -0.1) is 0 Å². The Hall–Kier alpha value is -2.73. The summed E-state index contributed by atoms with van der Waals surface area (Å²) in [6, 6.07) is 18.2. The second kappa shape index (κ2) is 8.21. The van der Waals surface area contributed by atoms with Crippen LogP contribution in [0.1, 0.15) is 17.5 Å². The summed E-state index contributed by atoms with van der Waals surface area (Å²) in [5.74, 6) is 0.861. The number of aryl methyl sites for hydroxylation is 1. The molecule has 0 aliphatic carbocycles. The van der Waals surface area contributed by atoms with E-state index in [1.165, 1.54) is 16.6 Å². The van der Waals surface area contributed by atoms with Crippen molar-refractivity contribution in [2.24, 2.45) is 5.10 Å². The van der Waals surface area contributed by atoms with Crippen molar-refractivity contribution in [3.8, 4) is 5.75 Å². The van der Waals surface area contributed by atoms with E-state index in [2.05, 4.69) is 39.6 Å². The van der Waals surface area contributed by atoms with Gasteiger partial charge in [-0.1, -0.05) is 30.3 Å². The molecular formula is C18H18N4OS. The number of H-pyrrole nitrogens is 1. The molecule has 0 spiro atoms. The van der Waals surface area contributed by atoms with Gasteiger partial charge in [-0.25, -0.2) is 0 Å². The Bertz CT molecular complexity index is 837. The summed E-state index contributed by atoms with van der Waals surface area (Å²) in [5.41, 5.74) is 2.31. The lowest BCUT2D eigenvalue weighted by Crippen LogP contribution is -1.99. The molecule has 1 N–H and O–H groups in total. The van der Waals surface area contributed by atoms with Crippen LogP contribution in [0.4, 0.5) is 0 Å². The molecule has 1 aromatic heterocycles. The van der Waals surface area contributed by atoms with Gasteiger partial charge in [0.15, 0.2) is 0 Å². The smallest absolute Gasteiger partial charge is 0.216 e. The average molecular weight is 338 g/mol. The standard InChI is InChI=1S/C18H18N4OS/c24-18-21-19-14-22(18)20-13-16-8-10-17(11-9-16)23-12-4-7-15-5-2-1-3-6-15/h1-3,5-6,8-11,13-14H,4,7,12H2,(H,21,24)/b20-13-. The van der Waals surface area contributed by atoms with Crippen LogP contribution in [0.3, 0.4) is 0 Å². The molecule has 0 atom stereocenters. The monoisotopic (exact) mass is 338 g/mol. The van der Waals surface area contributed by atoms with Gasteiger partial charge in [0.25, 0.3) is 0 Å². The van der Waals surface area contributed by atoms with Crippen LogP contribution in [0, 0.1) is 4.77 Å². The summed E-state index contributed by atoms with van der Waals surface area (Å²) in [6.45, 7) is 0.701. The third-order valence-electron chi connectivity index (χ3n) is 3.47. The molecule has 122 valence electrons. The molecule has 24 heavy (non-hydrogen) atoms. The number of nitrogens with zero attached hydrogens (tertiary/aromatic N) is 3. The first kappa shape index (κ1) is 16.1. The van der Waals surface area contributed by atoms with Crippen molar-refractivity contribution in [3.63, 3.8) is 0 Å². The van der Waals surface area contributed by atoms with E-state index in [4.69, 9.17) is 17.0 Å². The summed E-state index contributed by atoms with van der Waals surface area (Å²) < 4.78 is 7.74. The van der Waals surface area contributed by atoms with E-state index in [0.717, 1.165) is 24.2 Å². The SMILES string of the molecule is S=c1[nH]ncn1/N=C\c1ccc(OCCCc2ccccc2)cc1. The predicted octanol–water partition coefficient (Wildman–Crippen LogP) is 3.83. The van der Waals surface area contributed by atoms with Gasteiger partial charge >= 0.3 is 0 Å². The Labute approximate surface area is 145 Å². The van der Waals surface area contributed by atoms with Gasteiger partial charge in [0.1, 0.15) is 12.1 Å². The van der Waals surface area contributed by atoms with Crippen molar-refractivity contribution in [1.29, 1.82) is 0 Å². The summed E-state index contributed by atoms with van der Waals surface area (Å²) >= 11 is 5.03. The van der Waals surface area contributed by atoms with Gasteiger partial charge in [-0.05, 0) is 60.5 Å². The van der Waals surface area contributed by atoms with Crippen LogP contribution in [0.5, 0.6) is 5.75 Å². The Morgan fingerprint density at radius 3 is 2.62 bits per heavy atom. The fraction of sp³-hybridized carbons (Fsp3) is 0.167. The number of benzene rings is 2. The zero-order valence-corrected chi connectivity index (χ0v) is 13.9. The van der Waals surface area contributed by atoms with Crippen molar-refractivity contribution in [2.45, 2.75) is 12.8 Å². The van der Waals surface area contributed by atoms with Crippen LogP contribution in [0.2, 0.25) is 0 Å². The summed E-state index contributed by atoms with van der Waals surface area (Å²) in [6.07, 6.45) is 5.27. The first-order chi connectivity index (χ1) is 11.8. The molecular weight excluding hydrogens is 320 g/mol. The summed E-state index contributed by atoms with van der Waals surface area (Å²) in [7, 11) is 0. The Balaban J connectivity index is 1.47. The zero-order chi connectivity index (χ0) is 16.6. The maximum atomic E-state index is 5.77. The Morgan fingerprint density at radius 2 is 1.92 bits per heavy atom. The molecule has 3 aromatic rings. The molecule has 0 saturated heterocycles. The highest BCUT2D eigenvalue weighted by atomic mass is 32.1. The molecule has 0 unspecified atom stereocenters. The summed E-state index contributed by atoms with van der Waals surface area (Å²) in [4.78, 5) is 0. The number of nitrogens with one attached hydrogen (secondary N) is 1. The van der Waals surface area contributed by atoms with E-state index in [1.807, 2.05) is 30.3 Å². The van der Waals surface area contributed by atoms with E-state index in [0.29, 0.717) is 11.4 Å². The van der Waals surface area contributed by atoms with E-state index in [-0.39, 0.29) is 0 Å². The quantitative estimate of drug-likeness (QED) is 0.405. The fourth-order valence-corrected chi connectivity index (χ4v) is 2.36. The van der Waals surface area contributed by atoms with E-state index in [9.17, 15) is 0 Å². The fourth-order valence-electron chi connectivity index (χ4n) is 2.21. The molecule has 0 bridgehead atoms. The highest BCUT2D eigenvalue weighted by Gasteiger charge is 1.96. The second-order valence-electron chi connectivity index (χ2n) is 5.26. The Morgan fingerprint density at radius 1 is 1.12 bits per heavy atom. The van der Waals surface area contributed by atoms with E-state index in [1.54, 1.807) is 6.21 Å². The molecule has 0 saturated carbocycles. The van der Waals surface area contributed by atoms with Crippen LogP contribution in [-0.4, -0.2) is 27.7 Å². The number of hydrogen-bond donors (Lipinski definition) is 1. The first-order valence-corrected chi connectivity index (χ1v) is 8.15. The molecule has 2 aromatic carbocycles. The van der Waals surface area contributed by atoms with E-state index >= 15 is 0 Å². The first-order valence-electron chi connectivity index (χ1n) is 7.74. The van der Waals surface area contributed by atoms with Gasteiger partial charge in [0.05, 0.1) is 12.8 Å². The highest BCUT2D eigenvalue weighted by molar-refractivity contribution is 7.71. The lowest BCUT2D eigenvalue weighted by molar-refractivity contribution is 0.311. The van der Waals surface area contributed by atoms with Crippen LogP contribution in [-0.2, 0) is 6.42 Å². The van der Waals surface area contributed by atoms with Crippen LogP contribution < -0.4 is 4.74 Å². The van der Waals surface area contributed by atoms with Crippen molar-refractivity contribution < 1.29 is 4.74 Å². The van der Waals surface area contributed by atoms with Crippen molar-refractivity contribution >= 4 is 18.4 Å². The average Bonchev–Trinajstić information content (AvgIpc) is 3.04. The molecule has 0 aliphatic rings. The minimum atomic E-state index is 0.463. The van der Waals surface area contributed by atoms with Crippen LogP contribution >= 0.6 is 12.2 Å². The minimum Gasteiger partial charge on any atom is -0.494 e. The van der Waals surface area contributed by atoms with Crippen molar-refractivity contribution in [3.05, 3.63) is 76.8 Å². The van der Waals surface area contributed by atoms with Crippen LogP contribution in [0.15, 0.2) is 66.0 Å². The van der Waals surface area contributed by atoms with Gasteiger partial charge in [0.2, 0.25) is 4.77 Å². The minimum absolute atomic E-state index is 0.463. The molecule has 5 nitrogen and oxygen atoms in total. The topological polar surface area (TPSA) is 55.2 Å². The highest BCUT2D eigenvalue weighted by Crippen LogP contribution is 2.12. The molecule has 3 rings (SSSR count). The summed E-state index contributed by atoms with van der Waals surface area (Å²) in [5, 5.41) is 10.7. The zero-order valence-electron chi connectivity index (χ0n) is 13.1. The van der Waals surface area contributed by atoms with Gasteiger partial charge in [-0.3, -0.25) is 5.10 Å². The van der Waals surface area contributed by atoms with Gasteiger partial charge in [0, 0.05) is 0 Å². The molecule has 0 amide bonds. The van der Waals surface area contributed by atoms with Crippen LogP contribution in [0.25, 0.3) is 0 Å². The number of rotatable bonds is 7. The maximum absolute atomic E-state index is 5.77. The Kier molecular flexibility index (Phi) is 5.52. The van der Waals surface area contributed by atoms with Crippen molar-refractivity contribution in [2.75, 3.05) is 6.61 Å². The lowest BCUT2D eigenvalue weighted by Gasteiger charge is -2.06. The number of aromatic nitrogens is 3. The van der Waals surface area contributed by atoms with E-state index < -0.39 is 0 Å². The van der Waals surface area contributed by atoms with Gasteiger partial charge in [-0.2, -0.15) is 14.9 Å². The third kappa shape index (κ3) is 4.63. The number of ether oxygens (including phenoxy) is 1. The molecule has 0 fully saturated rings. The normalized spacial score (nSPS) is 11.0. The second-order valence-corrected chi connectivity index (χ2v) is 5.64. The molecule has 6 heteroatoms.